The molecular formula is C16H17N5O3. The zero-order chi connectivity index (χ0) is 17.1. The van der Waals surface area contributed by atoms with E-state index < -0.39 is 4.92 Å². The molecule has 3 rings (SSSR count). The number of hydrogen-bond acceptors (Lipinski definition) is 6. The summed E-state index contributed by atoms with van der Waals surface area (Å²) in [6.07, 6.45) is 1.65. The lowest BCUT2D eigenvalue weighted by atomic mass is 10.1. The molecule has 1 saturated heterocycles. The zero-order valence-electron chi connectivity index (χ0n) is 13.2. The summed E-state index contributed by atoms with van der Waals surface area (Å²) in [5, 5.41) is 16.9. The van der Waals surface area contributed by atoms with Crippen molar-refractivity contribution >= 4 is 17.4 Å². The van der Waals surface area contributed by atoms with Crippen LogP contribution >= 0.6 is 0 Å². The van der Waals surface area contributed by atoms with E-state index in [0.717, 1.165) is 12.8 Å². The predicted molar refractivity (Wildman–Crippen MR) is 88.5 cm³/mol. The monoisotopic (exact) mass is 327 g/mol. The number of aromatic nitrogens is 2. The molecule has 8 heteroatoms. The summed E-state index contributed by atoms with van der Waals surface area (Å²) in [5.74, 6) is 0.873. The van der Waals surface area contributed by atoms with Crippen molar-refractivity contribution in [1.29, 1.82) is 0 Å². The molecule has 0 bridgehead atoms. The lowest BCUT2D eigenvalue weighted by Crippen LogP contribution is -2.44. The topological polar surface area (TPSA) is 110 Å². The fraction of sp³-hybridized carbons (Fsp3) is 0.312. The van der Waals surface area contributed by atoms with E-state index in [0.29, 0.717) is 29.4 Å². The number of benzene rings is 1. The highest BCUT2D eigenvalue weighted by atomic mass is 16.6. The van der Waals surface area contributed by atoms with Crippen LogP contribution in [-0.4, -0.2) is 33.4 Å². The fourth-order valence-corrected chi connectivity index (χ4v) is 2.62. The van der Waals surface area contributed by atoms with Crippen molar-refractivity contribution in [2.24, 2.45) is 0 Å². The largest absolute Gasteiger partial charge is 0.358 e. The number of rotatable bonds is 4. The van der Waals surface area contributed by atoms with Gasteiger partial charge in [0.1, 0.15) is 11.9 Å². The summed E-state index contributed by atoms with van der Waals surface area (Å²) < 4.78 is 0. The maximum absolute atomic E-state index is 11.9. The van der Waals surface area contributed by atoms with Gasteiger partial charge < -0.3 is 10.6 Å². The van der Waals surface area contributed by atoms with Gasteiger partial charge in [-0.3, -0.25) is 14.9 Å². The molecule has 1 atom stereocenters. The zero-order valence-corrected chi connectivity index (χ0v) is 13.2. The Kier molecular flexibility index (Phi) is 4.37. The number of nitro groups is 1. The van der Waals surface area contributed by atoms with Gasteiger partial charge in [0.05, 0.1) is 4.92 Å². The third kappa shape index (κ3) is 3.48. The van der Waals surface area contributed by atoms with E-state index in [9.17, 15) is 14.9 Å². The molecule has 2 N–H and O–H groups in total. The molecule has 0 radical (unpaired) electrons. The van der Waals surface area contributed by atoms with Crippen LogP contribution in [0, 0.1) is 17.0 Å². The van der Waals surface area contributed by atoms with E-state index in [1.54, 1.807) is 18.2 Å². The van der Waals surface area contributed by atoms with Gasteiger partial charge in [0.25, 0.3) is 5.69 Å². The molecule has 2 heterocycles. The average molecular weight is 327 g/mol. The molecule has 1 aromatic carbocycles. The first-order valence-corrected chi connectivity index (χ1v) is 7.68. The van der Waals surface area contributed by atoms with Gasteiger partial charge in [-0.15, -0.1) is 0 Å². The third-order valence-corrected chi connectivity index (χ3v) is 3.78. The Morgan fingerprint density at radius 2 is 2.17 bits per heavy atom. The summed E-state index contributed by atoms with van der Waals surface area (Å²) in [4.78, 5) is 31.1. The summed E-state index contributed by atoms with van der Waals surface area (Å²) in [7, 11) is 0. The Balaban J connectivity index is 1.90. The lowest BCUT2D eigenvalue weighted by Gasteiger charge is -2.23. The van der Waals surface area contributed by atoms with Crippen molar-refractivity contribution in [2.75, 3.05) is 11.9 Å². The second kappa shape index (κ2) is 6.61. The van der Waals surface area contributed by atoms with Crippen molar-refractivity contribution in [3.8, 4) is 11.4 Å². The number of aryl methyl sites for hydroxylation is 1. The normalized spacial score (nSPS) is 17.2. The minimum atomic E-state index is -0.454. The molecule has 2 aromatic rings. The second-order valence-electron chi connectivity index (χ2n) is 5.66. The van der Waals surface area contributed by atoms with Crippen LogP contribution in [0.5, 0.6) is 0 Å². The molecule has 8 nitrogen and oxygen atoms in total. The third-order valence-electron chi connectivity index (χ3n) is 3.78. The number of carbonyl (C=O) groups excluding carboxylic acids is 1. The standard InChI is InChI=1S/C16H17N5O3/c1-10-8-14(19-13-6-3-7-17-16(13)22)20-15(18-10)11-4-2-5-12(9-11)21(23)24/h2,4-5,8-9,13H,3,6-7H2,1H3,(H,17,22)(H,18,19,20)/t13-/m0/s1. The first kappa shape index (κ1) is 15.9. The molecule has 1 aliphatic rings. The highest BCUT2D eigenvalue weighted by Gasteiger charge is 2.22. The molecule has 0 unspecified atom stereocenters. The minimum absolute atomic E-state index is 0.0150. The molecule has 24 heavy (non-hydrogen) atoms. The minimum Gasteiger partial charge on any atom is -0.358 e. The number of non-ortho nitro benzene ring substituents is 1. The molecule has 1 aromatic heterocycles. The maximum Gasteiger partial charge on any atom is 0.270 e. The Labute approximate surface area is 138 Å². The van der Waals surface area contributed by atoms with E-state index in [1.165, 1.54) is 12.1 Å². The van der Waals surface area contributed by atoms with Gasteiger partial charge in [-0.2, -0.15) is 0 Å². The van der Waals surface area contributed by atoms with Gasteiger partial charge in [0, 0.05) is 36.0 Å². The predicted octanol–water partition coefficient (Wildman–Crippen LogP) is 2.05. The van der Waals surface area contributed by atoms with Crippen molar-refractivity contribution in [3.63, 3.8) is 0 Å². The summed E-state index contributed by atoms with van der Waals surface area (Å²) in [5.41, 5.74) is 1.26. The van der Waals surface area contributed by atoms with Crippen LogP contribution in [0.2, 0.25) is 0 Å². The van der Waals surface area contributed by atoms with E-state index in [1.807, 2.05) is 6.92 Å². The summed E-state index contributed by atoms with van der Waals surface area (Å²) in [6, 6.07) is 7.60. The van der Waals surface area contributed by atoms with Crippen LogP contribution in [0.1, 0.15) is 18.5 Å². The summed E-state index contributed by atoms with van der Waals surface area (Å²) in [6.45, 7) is 2.51. The SMILES string of the molecule is Cc1cc(N[C@H]2CCCNC2=O)nc(-c2cccc([N+](=O)[O-])c2)n1. The molecule has 0 spiro atoms. The van der Waals surface area contributed by atoms with E-state index in [2.05, 4.69) is 20.6 Å². The van der Waals surface area contributed by atoms with Gasteiger partial charge in [-0.05, 0) is 19.8 Å². The van der Waals surface area contributed by atoms with Gasteiger partial charge in [-0.25, -0.2) is 9.97 Å². The molecule has 1 aliphatic heterocycles. The van der Waals surface area contributed by atoms with Gasteiger partial charge in [0.2, 0.25) is 5.91 Å². The quantitative estimate of drug-likeness (QED) is 0.657. The molecule has 0 aliphatic carbocycles. The lowest BCUT2D eigenvalue weighted by molar-refractivity contribution is -0.384. The fourth-order valence-electron chi connectivity index (χ4n) is 2.62. The highest BCUT2D eigenvalue weighted by molar-refractivity contribution is 5.85. The van der Waals surface area contributed by atoms with Crippen LogP contribution in [0.4, 0.5) is 11.5 Å². The first-order valence-electron chi connectivity index (χ1n) is 7.68. The van der Waals surface area contributed by atoms with Crippen LogP contribution in [0.3, 0.4) is 0 Å². The molecule has 1 amide bonds. The maximum atomic E-state index is 11.9. The number of nitrogens with one attached hydrogen (secondary N) is 2. The van der Waals surface area contributed by atoms with Crippen molar-refractivity contribution < 1.29 is 9.72 Å². The van der Waals surface area contributed by atoms with Gasteiger partial charge in [0.15, 0.2) is 5.82 Å². The molecule has 0 saturated carbocycles. The summed E-state index contributed by atoms with van der Waals surface area (Å²) >= 11 is 0. The van der Waals surface area contributed by atoms with Crippen molar-refractivity contribution in [1.82, 2.24) is 15.3 Å². The second-order valence-corrected chi connectivity index (χ2v) is 5.66. The highest BCUT2D eigenvalue weighted by Crippen LogP contribution is 2.23. The molecule has 1 fully saturated rings. The Morgan fingerprint density at radius 1 is 1.33 bits per heavy atom. The van der Waals surface area contributed by atoms with Crippen LogP contribution in [0.15, 0.2) is 30.3 Å². The van der Waals surface area contributed by atoms with E-state index >= 15 is 0 Å². The number of anilines is 1. The Bertz CT molecular complexity index is 793. The van der Waals surface area contributed by atoms with Gasteiger partial charge in [-0.1, -0.05) is 12.1 Å². The average Bonchev–Trinajstić information content (AvgIpc) is 2.56. The number of nitrogens with zero attached hydrogens (tertiary/aromatic N) is 3. The molecule has 124 valence electrons. The Hall–Kier alpha value is -3.03. The number of carbonyl (C=O) groups is 1. The number of nitro benzene ring substituents is 1. The number of hydrogen-bond donors (Lipinski definition) is 2. The van der Waals surface area contributed by atoms with Crippen LogP contribution in [0.25, 0.3) is 11.4 Å². The van der Waals surface area contributed by atoms with Crippen molar-refractivity contribution in [3.05, 3.63) is 46.1 Å². The van der Waals surface area contributed by atoms with Gasteiger partial charge >= 0.3 is 0 Å². The molecular weight excluding hydrogens is 310 g/mol. The first-order chi connectivity index (χ1) is 11.5. The van der Waals surface area contributed by atoms with E-state index in [4.69, 9.17) is 0 Å². The van der Waals surface area contributed by atoms with Crippen LogP contribution < -0.4 is 10.6 Å². The number of amides is 1. The number of piperidine rings is 1. The smallest absolute Gasteiger partial charge is 0.270 e. The van der Waals surface area contributed by atoms with Crippen LogP contribution in [-0.2, 0) is 4.79 Å². The van der Waals surface area contributed by atoms with Crippen molar-refractivity contribution in [2.45, 2.75) is 25.8 Å². The Morgan fingerprint density at radius 3 is 2.92 bits per heavy atom. The van der Waals surface area contributed by atoms with E-state index in [-0.39, 0.29) is 17.6 Å².